The van der Waals surface area contributed by atoms with E-state index in [9.17, 15) is 4.79 Å². The zero-order chi connectivity index (χ0) is 13.8. The minimum atomic E-state index is 0.145. The first kappa shape index (κ1) is 13.4. The molecule has 0 bridgehead atoms. The van der Waals surface area contributed by atoms with Crippen molar-refractivity contribution in [2.45, 2.75) is 32.2 Å². The Kier molecular flexibility index (Phi) is 4.21. The molecule has 1 fully saturated rings. The first-order chi connectivity index (χ1) is 9.83. The summed E-state index contributed by atoms with van der Waals surface area (Å²) in [5.74, 6) is 0. The summed E-state index contributed by atoms with van der Waals surface area (Å²) in [5.41, 5.74) is 1.43. The third-order valence-electron chi connectivity index (χ3n) is 3.81. The maximum atomic E-state index is 12.1. The van der Waals surface area contributed by atoms with Crippen molar-refractivity contribution in [3.63, 3.8) is 0 Å². The van der Waals surface area contributed by atoms with Crippen molar-refractivity contribution in [2.75, 3.05) is 18.0 Å². The largest absolute Gasteiger partial charge is 0.362 e. The molecule has 0 spiro atoms. The smallest absolute Gasteiger partial charge is 0.262 e. The predicted molar refractivity (Wildman–Crippen MR) is 84.8 cm³/mol. The fraction of sp³-hybridized carbons (Fsp3) is 0.438. The molecule has 4 heteroatoms. The van der Waals surface area contributed by atoms with Gasteiger partial charge in [0.05, 0.1) is 0 Å². The van der Waals surface area contributed by atoms with Gasteiger partial charge in [0, 0.05) is 25.7 Å². The van der Waals surface area contributed by atoms with Crippen LogP contribution in [0.15, 0.2) is 41.2 Å². The molecule has 1 saturated heterocycles. The van der Waals surface area contributed by atoms with E-state index in [4.69, 9.17) is 0 Å². The van der Waals surface area contributed by atoms with Gasteiger partial charge in [-0.15, -0.1) is 0 Å². The second kappa shape index (κ2) is 6.27. The van der Waals surface area contributed by atoms with Crippen LogP contribution in [-0.2, 0) is 13.0 Å². The molecule has 3 rings (SSSR count). The van der Waals surface area contributed by atoms with Crippen molar-refractivity contribution >= 4 is 16.5 Å². The monoisotopic (exact) mass is 288 g/mol. The van der Waals surface area contributed by atoms with Crippen LogP contribution in [0, 0.1) is 0 Å². The van der Waals surface area contributed by atoms with Gasteiger partial charge in [-0.3, -0.25) is 8.75 Å². The van der Waals surface area contributed by atoms with Crippen molar-refractivity contribution in [3.8, 4) is 0 Å². The third-order valence-corrected chi connectivity index (χ3v) is 4.96. The molecule has 0 amide bonds. The first-order valence-electron chi connectivity index (χ1n) is 7.33. The normalized spacial score (nSPS) is 15.5. The summed E-state index contributed by atoms with van der Waals surface area (Å²) < 4.78 is 1.89. The molecule has 2 heterocycles. The van der Waals surface area contributed by atoms with Crippen LogP contribution in [0.4, 0.5) is 5.00 Å². The molecule has 1 aliphatic rings. The Morgan fingerprint density at radius 3 is 2.55 bits per heavy atom. The third kappa shape index (κ3) is 3.12. The highest BCUT2D eigenvalue weighted by molar-refractivity contribution is 7.10. The lowest BCUT2D eigenvalue weighted by atomic mass is 10.1. The number of rotatable bonds is 4. The van der Waals surface area contributed by atoms with Gasteiger partial charge in [-0.25, -0.2) is 0 Å². The second-order valence-corrected chi connectivity index (χ2v) is 6.34. The highest BCUT2D eigenvalue weighted by Gasteiger charge is 2.14. The van der Waals surface area contributed by atoms with Crippen LogP contribution in [0.25, 0.3) is 0 Å². The Labute approximate surface area is 123 Å². The van der Waals surface area contributed by atoms with Gasteiger partial charge in [0.25, 0.3) is 5.56 Å². The molecule has 1 aliphatic heterocycles. The standard InChI is InChI=1S/C16H20N2OS/c19-15-13-16(17-10-5-2-6-11-17)20-18(15)12-9-14-7-3-1-4-8-14/h1,3-4,7-8,13H,2,5-6,9-12H2. The molecule has 0 saturated carbocycles. The molecule has 1 aromatic carbocycles. The molecular formula is C16H20N2OS. The van der Waals surface area contributed by atoms with Crippen molar-refractivity contribution in [3.05, 3.63) is 52.3 Å². The molecule has 2 aromatic rings. The van der Waals surface area contributed by atoms with E-state index in [-0.39, 0.29) is 5.56 Å². The van der Waals surface area contributed by atoms with Gasteiger partial charge in [-0.05, 0) is 42.8 Å². The molecule has 0 aliphatic carbocycles. The van der Waals surface area contributed by atoms with Crippen LogP contribution < -0.4 is 10.5 Å². The number of piperidine rings is 1. The molecule has 0 unspecified atom stereocenters. The minimum Gasteiger partial charge on any atom is -0.362 e. The van der Waals surface area contributed by atoms with Crippen LogP contribution in [0.5, 0.6) is 0 Å². The number of hydrogen-bond donors (Lipinski definition) is 0. The van der Waals surface area contributed by atoms with E-state index in [0.29, 0.717) is 0 Å². The molecule has 0 radical (unpaired) electrons. The average molecular weight is 288 g/mol. The summed E-state index contributed by atoms with van der Waals surface area (Å²) in [7, 11) is 0. The van der Waals surface area contributed by atoms with Crippen LogP contribution in [0.2, 0.25) is 0 Å². The first-order valence-corrected chi connectivity index (χ1v) is 8.10. The van der Waals surface area contributed by atoms with Crippen molar-refractivity contribution in [1.82, 2.24) is 3.96 Å². The van der Waals surface area contributed by atoms with E-state index in [2.05, 4.69) is 17.0 Å². The lowest BCUT2D eigenvalue weighted by molar-refractivity contribution is 0.580. The van der Waals surface area contributed by atoms with E-state index in [0.717, 1.165) is 31.1 Å². The molecule has 20 heavy (non-hydrogen) atoms. The lowest BCUT2D eigenvalue weighted by Gasteiger charge is -2.26. The van der Waals surface area contributed by atoms with E-state index >= 15 is 0 Å². The summed E-state index contributed by atoms with van der Waals surface area (Å²) in [4.78, 5) is 14.4. The number of nitrogens with zero attached hydrogens (tertiary/aromatic N) is 2. The molecule has 0 atom stereocenters. The van der Waals surface area contributed by atoms with Crippen molar-refractivity contribution in [2.24, 2.45) is 0 Å². The van der Waals surface area contributed by atoms with E-state index in [1.807, 2.05) is 22.2 Å². The zero-order valence-electron chi connectivity index (χ0n) is 11.6. The highest BCUT2D eigenvalue weighted by atomic mass is 32.1. The SMILES string of the molecule is O=c1cc(N2CCCCC2)sn1CCc1ccccc1. The Morgan fingerprint density at radius 1 is 1.05 bits per heavy atom. The lowest BCUT2D eigenvalue weighted by Crippen LogP contribution is -2.28. The quantitative estimate of drug-likeness (QED) is 0.863. The van der Waals surface area contributed by atoms with E-state index in [1.54, 1.807) is 17.6 Å². The Hall–Kier alpha value is -1.55. The number of benzene rings is 1. The Morgan fingerprint density at radius 2 is 1.80 bits per heavy atom. The summed E-state index contributed by atoms with van der Waals surface area (Å²) >= 11 is 1.62. The van der Waals surface area contributed by atoms with Gasteiger partial charge in [0.2, 0.25) is 0 Å². The summed E-state index contributed by atoms with van der Waals surface area (Å²) in [6, 6.07) is 12.2. The Bertz CT molecular complexity index is 596. The summed E-state index contributed by atoms with van der Waals surface area (Å²) in [6.45, 7) is 2.97. The van der Waals surface area contributed by atoms with Crippen LogP contribution in [0.1, 0.15) is 24.8 Å². The number of hydrogen-bond acceptors (Lipinski definition) is 3. The maximum Gasteiger partial charge on any atom is 0.262 e. The fourth-order valence-corrected chi connectivity index (χ4v) is 3.66. The van der Waals surface area contributed by atoms with Gasteiger partial charge < -0.3 is 4.90 Å². The van der Waals surface area contributed by atoms with Crippen molar-refractivity contribution < 1.29 is 0 Å². The number of aromatic nitrogens is 1. The number of aryl methyl sites for hydroxylation is 2. The molecular weight excluding hydrogens is 268 g/mol. The van der Waals surface area contributed by atoms with E-state index < -0.39 is 0 Å². The number of anilines is 1. The molecule has 1 aromatic heterocycles. The average Bonchev–Trinajstić information content (AvgIpc) is 2.88. The van der Waals surface area contributed by atoms with Gasteiger partial charge in [-0.1, -0.05) is 30.3 Å². The Balaban J connectivity index is 1.68. The fourth-order valence-electron chi connectivity index (χ4n) is 2.66. The maximum absolute atomic E-state index is 12.1. The van der Waals surface area contributed by atoms with Crippen molar-refractivity contribution in [1.29, 1.82) is 0 Å². The van der Waals surface area contributed by atoms with Gasteiger partial charge in [-0.2, -0.15) is 0 Å². The van der Waals surface area contributed by atoms with Gasteiger partial charge >= 0.3 is 0 Å². The topological polar surface area (TPSA) is 25.2 Å². The van der Waals surface area contributed by atoms with Crippen LogP contribution >= 0.6 is 11.5 Å². The minimum absolute atomic E-state index is 0.145. The zero-order valence-corrected chi connectivity index (χ0v) is 12.4. The molecule has 3 nitrogen and oxygen atoms in total. The van der Waals surface area contributed by atoms with Gasteiger partial charge in [0.1, 0.15) is 5.00 Å². The summed E-state index contributed by atoms with van der Waals surface area (Å²) in [6.07, 6.45) is 4.73. The predicted octanol–water partition coefficient (Wildman–Crippen LogP) is 3.14. The van der Waals surface area contributed by atoms with Crippen LogP contribution in [-0.4, -0.2) is 17.0 Å². The van der Waals surface area contributed by atoms with Crippen LogP contribution in [0.3, 0.4) is 0 Å². The molecule has 106 valence electrons. The summed E-state index contributed by atoms with van der Waals surface area (Å²) in [5, 5.41) is 1.14. The highest BCUT2D eigenvalue weighted by Crippen LogP contribution is 2.23. The second-order valence-electron chi connectivity index (χ2n) is 5.30. The molecule has 0 N–H and O–H groups in total. The van der Waals surface area contributed by atoms with E-state index in [1.165, 1.54) is 24.8 Å². The van der Waals surface area contributed by atoms with Gasteiger partial charge in [0.15, 0.2) is 0 Å².